The van der Waals surface area contributed by atoms with Crippen LogP contribution in [0.4, 0.5) is 5.82 Å². The van der Waals surface area contributed by atoms with Gasteiger partial charge in [-0.1, -0.05) is 0 Å². The molecular weight excluding hydrogens is 232 g/mol. The molecule has 0 bridgehead atoms. The van der Waals surface area contributed by atoms with Crippen LogP contribution in [0.25, 0.3) is 0 Å². The molecule has 0 spiro atoms. The Hall–Kier alpha value is -1.69. The molecule has 0 aliphatic carbocycles. The highest BCUT2D eigenvalue weighted by molar-refractivity contribution is 5.86. The lowest BCUT2D eigenvalue weighted by Crippen LogP contribution is -2.36. The molecule has 98 valence electrons. The summed E-state index contributed by atoms with van der Waals surface area (Å²) in [6.45, 7) is 2.18. The molecule has 2 heterocycles. The Balaban J connectivity index is 1.92. The quantitative estimate of drug-likeness (QED) is 0.799. The average molecular weight is 250 g/mol. The second kappa shape index (κ2) is 5.77. The van der Waals surface area contributed by atoms with Gasteiger partial charge in [-0.15, -0.1) is 10.2 Å². The molecule has 18 heavy (non-hydrogen) atoms. The molecule has 0 saturated carbocycles. The molecule has 1 aliphatic rings. The number of ether oxygens (including phenoxy) is 1. The van der Waals surface area contributed by atoms with Gasteiger partial charge in [0.15, 0.2) is 5.69 Å². The number of hydrogen-bond acceptors (Lipinski definition) is 6. The number of piperidine rings is 1. The van der Waals surface area contributed by atoms with Gasteiger partial charge >= 0.3 is 5.97 Å². The predicted octanol–water partition coefficient (Wildman–Crippen LogP) is 0.769. The normalized spacial score (nSPS) is 17.4. The molecule has 1 saturated heterocycles. The van der Waals surface area contributed by atoms with Crippen molar-refractivity contribution in [3.05, 3.63) is 17.8 Å². The van der Waals surface area contributed by atoms with E-state index in [1.165, 1.54) is 7.11 Å². The van der Waals surface area contributed by atoms with E-state index in [4.69, 9.17) is 0 Å². The summed E-state index contributed by atoms with van der Waals surface area (Å²) in [7, 11) is 3.45. The van der Waals surface area contributed by atoms with Crippen molar-refractivity contribution in [3.63, 3.8) is 0 Å². The van der Waals surface area contributed by atoms with Gasteiger partial charge < -0.3 is 15.0 Å². The van der Waals surface area contributed by atoms with Crippen molar-refractivity contribution in [2.75, 3.05) is 32.6 Å². The molecule has 1 aromatic rings. The first-order valence-electron chi connectivity index (χ1n) is 6.06. The van der Waals surface area contributed by atoms with Crippen molar-refractivity contribution in [1.82, 2.24) is 15.1 Å². The molecule has 2 rings (SSSR count). The summed E-state index contributed by atoms with van der Waals surface area (Å²) in [6, 6.07) is 3.81. The second-order valence-corrected chi connectivity index (χ2v) is 4.52. The molecule has 0 atom stereocenters. The molecule has 1 aromatic heterocycles. The van der Waals surface area contributed by atoms with Gasteiger partial charge in [-0.3, -0.25) is 0 Å². The number of likely N-dealkylation sites (tertiary alicyclic amines) is 1. The number of esters is 1. The van der Waals surface area contributed by atoms with E-state index in [1.54, 1.807) is 12.1 Å². The largest absolute Gasteiger partial charge is 0.464 e. The fourth-order valence-electron chi connectivity index (χ4n) is 1.98. The predicted molar refractivity (Wildman–Crippen MR) is 67.5 cm³/mol. The SMILES string of the molecule is COC(=O)c1ccc(NC2CCN(C)CC2)nn1. The van der Waals surface area contributed by atoms with Gasteiger partial charge in [-0.05, 0) is 45.1 Å². The second-order valence-electron chi connectivity index (χ2n) is 4.52. The molecule has 6 nitrogen and oxygen atoms in total. The number of carbonyl (C=O) groups excluding carboxylic acids is 1. The van der Waals surface area contributed by atoms with Crippen molar-refractivity contribution >= 4 is 11.8 Å². The molecule has 0 amide bonds. The maximum Gasteiger partial charge on any atom is 0.358 e. The van der Waals surface area contributed by atoms with Crippen LogP contribution in [0.15, 0.2) is 12.1 Å². The third-order valence-corrected chi connectivity index (χ3v) is 3.13. The Morgan fingerprint density at radius 3 is 2.67 bits per heavy atom. The molecule has 0 aromatic carbocycles. The summed E-state index contributed by atoms with van der Waals surface area (Å²) in [4.78, 5) is 13.5. The van der Waals surface area contributed by atoms with Crippen LogP contribution in [0.3, 0.4) is 0 Å². The van der Waals surface area contributed by atoms with Gasteiger partial charge in [0.2, 0.25) is 0 Å². The molecule has 1 N–H and O–H groups in total. The zero-order valence-electron chi connectivity index (χ0n) is 10.7. The number of nitrogens with zero attached hydrogens (tertiary/aromatic N) is 3. The van der Waals surface area contributed by atoms with Crippen LogP contribution in [0.2, 0.25) is 0 Å². The number of nitrogens with one attached hydrogen (secondary N) is 1. The van der Waals surface area contributed by atoms with E-state index in [1.807, 2.05) is 0 Å². The summed E-state index contributed by atoms with van der Waals surface area (Å²) in [5.74, 6) is 0.241. The molecular formula is C12H18N4O2. The van der Waals surface area contributed by atoms with E-state index < -0.39 is 5.97 Å². The fourth-order valence-corrected chi connectivity index (χ4v) is 1.98. The summed E-state index contributed by atoms with van der Waals surface area (Å²) < 4.78 is 4.57. The van der Waals surface area contributed by atoms with Crippen LogP contribution in [0.1, 0.15) is 23.3 Å². The molecule has 6 heteroatoms. The van der Waals surface area contributed by atoms with Gasteiger partial charge in [-0.2, -0.15) is 0 Å². The van der Waals surface area contributed by atoms with Crippen LogP contribution in [-0.4, -0.2) is 54.4 Å². The summed E-state index contributed by atoms with van der Waals surface area (Å²) in [5.41, 5.74) is 0.228. The first kappa shape index (κ1) is 12.8. The lowest BCUT2D eigenvalue weighted by Gasteiger charge is -2.29. The van der Waals surface area contributed by atoms with Crippen molar-refractivity contribution in [2.45, 2.75) is 18.9 Å². The number of hydrogen-bond donors (Lipinski definition) is 1. The lowest BCUT2D eigenvalue weighted by atomic mass is 10.1. The van der Waals surface area contributed by atoms with E-state index >= 15 is 0 Å². The topological polar surface area (TPSA) is 67.3 Å². The maximum atomic E-state index is 11.2. The van der Waals surface area contributed by atoms with E-state index in [-0.39, 0.29) is 5.69 Å². The number of aromatic nitrogens is 2. The number of methoxy groups -OCH3 is 1. The lowest BCUT2D eigenvalue weighted by molar-refractivity contribution is 0.0593. The van der Waals surface area contributed by atoms with Crippen molar-refractivity contribution in [1.29, 1.82) is 0 Å². The average Bonchev–Trinajstić information content (AvgIpc) is 2.41. The third-order valence-electron chi connectivity index (χ3n) is 3.13. The minimum Gasteiger partial charge on any atom is -0.464 e. The number of rotatable bonds is 3. The van der Waals surface area contributed by atoms with E-state index in [2.05, 4.69) is 32.2 Å². The Morgan fingerprint density at radius 1 is 1.39 bits per heavy atom. The zero-order valence-corrected chi connectivity index (χ0v) is 10.7. The maximum absolute atomic E-state index is 11.2. The molecule has 1 aliphatic heterocycles. The highest BCUT2D eigenvalue weighted by Crippen LogP contribution is 2.13. The van der Waals surface area contributed by atoms with Crippen LogP contribution >= 0.6 is 0 Å². The van der Waals surface area contributed by atoms with Gasteiger partial charge in [0.05, 0.1) is 7.11 Å². The van der Waals surface area contributed by atoms with Crippen molar-refractivity contribution in [2.24, 2.45) is 0 Å². The van der Waals surface area contributed by atoms with E-state index in [0.29, 0.717) is 11.9 Å². The van der Waals surface area contributed by atoms with Crippen LogP contribution in [0.5, 0.6) is 0 Å². The van der Waals surface area contributed by atoms with Gasteiger partial charge in [0, 0.05) is 6.04 Å². The van der Waals surface area contributed by atoms with E-state index in [9.17, 15) is 4.79 Å². The van der Waals surface area contributed by atoms with Gasteiger partial charge in [-0.25, -0.2) is 4.79 Å². The Kier molecular flexibility index (Phi) is 4.09. The number of carbonyl (C=O) groups is 1. The smallest absolute Gasteiger partial charge is 0.358 e. The first-order chi connectivity index (χ1) is 8.69. The Labute approximate surface area is 106 Å². The van der Waals surface area contributed by atoms with E-state index in [0.717, 1.165) is 25.9 Å². The molecule has 1 fully saturated rings. The van der Waals surface area contributed by atoms with Crippen molar-refractivity contribution < 1.29 is 9.53 Å². The molecule has 0 unspecified atom stereocenters. The number of anilines is 1. The Bertz CT molecular complexity index is 399. The fraction of sp³-hybridized carbons (Fsp3) is 0.583. The monoisotopic (exact) mass is 250 g/mol. The van der Waals surface area contributed by atoms with Crippen LogP contribution in [-0.2, 0) is 4.74 Å². The summed E-state index contributed by atoms with van der Waals surface area (Å²) in [5, 5.41) is 11.2. The highest BCUT2D eigenvalue weighted by Gasteiger charge is 2.17. The Morgan fingerprint density at radius 2 is 2.11 bits per heavy atom. The van der Waals surface area contributed by atoms with Crippen LogP contribution in [0, 0.1) is 0 Å². The first-order valence-corrected chi connectivity index (χ1v) is 6.06. The van der Waals surface area contributed by atoms with Gasteiger partial charge in [0.25, 0.3) is 0 Å². The minimum absolute atomic E-state index is 0.228. The molecule has 0 radical (unpaired) electrons. The minimum atomic E-state index is -0.464. The third kappa shape index (κ3) is 3.16. The summed E-state index contributed by atoms with van der Waals surface area (Å²) in [6.07, 6.45) is 2.19. The highest BCUT2D eigenvalue weighted by atomic mass is 16.5. The van der Waals surface area contributed by atoms with Crippen LogP contribution < -0.4 is 5.32 Å². The summed E-state index contributed by atoms with van der Waals surface area (Å²) >= 11 is 0. The zero-order chi connectivity index (χ0) is 13.0. The standard InChI is InChI=1S/C12H18N4O2/c1-16-7-5-9(6-8-16)13-11-4-3-10(14-15-11)12(17)18-2/h3-4,9H,5-8H2,1-2H3,(H,13,15). The van der Waals surface area contributed by atoms with Crippen molar-refractivity contribution in [3.8, 4) is 0 Å². The van der Waals surface area contributed by atoms with Gasteiger partial charge in [0.1, 0.15) is 5.82 Å².